The molecule has 0 saturated carbocycles. The number of unbranched alkanes of at least 4 members (excludes halogenated alkanes) is 1. The van der Waals surface area contributed by atoms with E-state index in [2.05, 4.69) is 60.1 Å². The molecule has 0 bridgehead atoms. The van der Waals surface area contributed by atoms with Gasteiger partial charge in [0.15, 0.2) is 0 Å². The number of benzene rings is 2. The molecule has 2 rings (SSSR count). The monoisotopic (exact) mass is 855 g/mol. The molecule has 0 saturated heterocycles. The number of aryl methyl sites for hydroxylation is 2. The molecule has 0 aliphatic rings. The molecule has 4 amide bonds. The highest BCUT2D eigenvalue weighted by Crippen LogP contribution is 2.38. The topological polar surface area (TPSA) is 192 Å². The van der Waals surface area contributed by atoms with Gasteiger partial charge in [0.2, 0.25) is 20.2 Å². The Morgan fingerprint density at radius 3 is 1.80 bits per heavy atom. The average Bonchev–Trinajstić information content (AvgIpc) is 3.09. The smallest absolute Gasteiger partial charge is 0.414 e. The van der Waals surface area contributed by atoms with Crippen molar-refractivity contribution in [2.75, 3.05) is 13.2 Å². The third-order valence-electron chi connectivity index (χ3n) is 9.35. The standard InChI is InChI=1S/C44H69N5O10Si/c1-15-16-24-55-37(51)35(27-33-29(2)25-32(26-30(33)3)59-60(13,14)44(10,11)12)46-36(50)34(47-39(52)56-28-31-20-18-17-19-21-31)22-23-45-38(48-40(53)57-42(4,5)6)49-41(54)58-43(7,8)9/h17-21,25-26,34-35H,15-16,22-24,27-28H2,1-14H3,(H,46,50)(H,47,52)(H2,45,48,49,53,54)/t34-,35+/m1/s1. The van der Waals surface area contributed by atoms with Crippen molar-refractivity contribution in [3.05, 3.63) is 64.7 Å². The first-order chi connectivity index (χ1) is 27.7. The van der Waals surface area contributed by atoms with E-state index in [1.807, 2.05) is 39.0 Å². The van der Waals surface area contributed by atoms with Crippen LogP contribution in [0.2, 0.25) is 18.1 Å². The first-order valence-corrected chi connectivity index (χ1v) is 23.4. The lowest BCUT2D eigenvalue weighted by atomic mass is 9.95. The molecule has 0 fully saturated rings. The maximum atomic E-state index is 14.2. The van der Waals surface area contributed by atoms with Crippen LogP contribution in [0.25, 0.3) is 0 Å². The summed E-state index contributed by atoms with van der Waals surface area (Å²) in [7, 11) is -2.14. The number of hydrogen-bond donors (Lipinski definition) is 4. The van der Waals surface area contributed by atoms with Gasteiger partial charge < -0.3 is 34.0 Å². The summed E-state index contributed by atoms with van der Waals surface area (Å²) in [6.45, 7) is 26.6. The summed E-state index contributed by atoms with van der Waals surface area (Å²) < 4.78 is 28.3. The van der Waals surface area contributed by atoms with Crippen LogP contribution in [-0.4, -0.2) is 80.9 Å². The Kier molecular flexibility index (Phi) is 19.1. The Hall–Kier alpha value is -5.12. The highest BCUT2D eigenvalue weighted by atomic mass is 28.4. The molecule has 60 heavy (non-hydrogen) atoms. The SMILES string of the molecule is CCCCOC(=O)[C@H](Cc1c(C)cc(O[Si](C)(C)C(C)(C)C)cc1C)NC(=O)[C@@H](CCN=C(NC(=O)OC(C)(C)C)NC(=O)OC(C)(C)C)NC(=O)OCc1ccccc1. The summed E-state index contributed by atoms with van der Waals surface area (Å²) in [4.78, 5) is 70.7. The van der Waals surface area contributed by atoms with Gasteiger partial charge >= 0.3 is 24.2 Å². The van der Waals surface area contributed by atoms with E-state index in [4.69, 9.17) is 23.4 Å². The zero-order valence-electron chi connectivity index (χ0n) is 38.2. The highest BCUT2D eigenvalue weighted by molar-refractivity contribution is 6.74. The largest absolute Gasteiger partial charge is 0.543 e. The molecule has 4 N–H and O–H groups in total. The van der Waals surface area contributed by atoms with Crippen LogP contribution in [-0.2, 0) is 41.6 Å². The Morgan fingerprint density at radius 2 is 1.30 bits per heavy atom. The van der Waals surface area contributed by atoms with E-state index >= 15 is 0 Å². The molecule has 2 aromatic carbocycles. The lowest BCUT2D eigenvalue weighted by molar-refractivity contribution is -0.148. The van der Waals surface area contributed by atoms with Crippen molar-refractivity contribution in [2.45, 2.75) is 157 Å². The lowest BCUT2D eigenvalue weighted by Gasteiger charge is -2.36. The predicted octanol–water partition coefficient (Wildman–Crippen LogP) is 8.15. The summed E-state index contributed by atoms with van der Waals surface area (Å²) in [6, 6.07) is 10.5. The van der Waals surface area contributed by atoms with Crippen LogP contribution in [0.4, 0.5) is 14.4 Å². The fourth-order valence-electron chi connectivity index (χ4n) is 5.26. The number of hydrogen-bond acceptors (Lipinski definition) is 11. The number of alkyl carbamates (subject to hydrolysis) is 3. The summed E-state index contributed by atoms with van der Waals surface area (Å²) in [5, 5.41) is 10.2. The number of aliphatic imine (C=N–C) groups is 1. The quantitative estimate of drug-likeness (QED) is 0.0320. The molecule has 0 spiro atoms. The van der Waals surface area contributed by atoms with Gasteiger partial charge in [-0.3, -0.25) is 20.4 Å². The molecular formula is C44H69N5O10Si. The first-order valence-electron chi connectivity index (χ1n) is 20.5. The van der Waals surface area contributed by atoms with Gasteiger partial charge in [0, 0.05) is 13.0 Å². The number of ether oxygens (including phenoxy) is 4. The third kappa shape index (κ3) is 18.9. The van der Waals surface area contributed by atoms with E-state index in [9.17, 15) is 24.0 Å². The van der Waals surface area contributed by atoms with Crippen LogP contribution in [0.5, 0.6) is 5.75 Å². The minimum Gasteiger partial charge on any atom is -0.543 e. The van der Waals surface area contributed by atoms with Crippen LogP contribution in [0.15, 0.2) is 47.5 Å². The van der Waals surface area contributed by atoms with Crippen molar-refractivity contribution in [1.29, 1.82) is 0 Å². The molecule has 0 aliphatic heterocycles. The van der Waals surface area contributed by atoms with E-state index in [1.54, 1.807) is 65.8 Å². The zero-order valence-corrected chi connectivity index (χ0v) is 39.2. The minimum absolute atomic E-state index is 0.0141. The van der Waals surface area contributed by atoms with Gasteiger partial charge in [-0.05, 0) is 121 Å². The van der Waals surface area contributed by atoms with Crippen molar-refractivity contribution >= 4 is 44.4 Å². The minimum atomic E-state index is -2.14. The van der Waals surface area contributed by atoms with E-state index in [0.29, 0.717) is 6.42 Å². The Labute approximate surface area is 357 Å². The number of rotatable bonds is 16. The molecule has 2 atom stereocenters. The van der Waals surface area contributed by atoms with Gasteiger partial charge in [-0.2, -0.15) is 0 Å². The molecule has 0 aromatic heterocycles. The van der Waals surface area contributed by atoms with Gasteiger partial charge in [0.1, 0.15) is 35.6 Å². The molecular weight excluding hydrogens is 787 g/mol. The first kappa shape index (κ1) is 51.0. The van der Waals surface area contributed by atoms with Crippen LogP contribution >= 0.6 is 0 Å². The van der Waals surface area contributed by atoms with Crippen molar-refractivity contribution < 1.29 is 47.3 Å². The van der Waals surface area contributed by atoms with E-state index < -0.39 is 61.8 Å². The number of esters is 1. The Bertz CT molecular complexity index is 1740. The second-order valence-corrected chi connectivity index (χ2v) is 22.9. The predicted molar refractivity (Wildman–Crippen MR) is 234 cm³/mol. The fraction of sp³-hybridized carbons (Fsp3) is 0.591. The number of guanidine groups is 1. The molecule has 0 unspecified atom stereocenters. The van der Waals surface area contributed by atoms with Crippen molar-refractivity contribution in [1.82, 2.24) is 21.3 Å². The molecule has 0 radical (unpaired) electrons. The molecule has 334 valence electrons. The molecule has 0 aliphatic carbocycles. The van der Waals surface area contributed by atoms with Gasteiger partial charge in [0.05, 0.1) is 6.61 Å². The molecule has 2 aromatic rings. The van der Waals surface area contributed by atoms with Crippen molar-refractivity contribution in [3.8, 4) is 5.75 Å². The number of nitrogens with zero attached hydrogens (tertiary/aromatic N) is 1. The van der Waals surface area contributed by atoms with Crippen LogP contribution in [0.1, 0.15) is 111 Å². The van der Waals surface area contributed by atoms with E-state index in [-0.39, 0.29) is 43.6 Å². The number of amides is 4. The Balaban J connectivity index is 2.47. The average molecular weight is 856 g/mol. The molecule has 15 nitrogen and oxygen atoms in total. The zero-order chi connectivity index (χ0) is 45.5. The number of carbonyl (C=O) groups is 5. The van der Waals surface area contributed by atoms with Gasteiger partial charge in [-0.15, -0.1) is 0 Å². The highest BCUT2D eigenvalue weighted by Gasteiger charge is 2.39. The van der Waals surface area contributed by atoms with Crippen LogP contribution in [0, 0.1) is 13.8 Å². The summed E-state index contributed by atoms with van der Waals surface area (Å²) in [5.41, 5.74) is 1.59. The van der Waals surface area contributed by atoms with Crippen LogP contribution < -0.4 is 25.7 Å². The van der Waals surface area contributed by atoms with E-state index in [0.717, 1.165) is 34.4 Å². The summed E-state index contributed by atoms with van der Waals surface area (Å²) >= 11 is 0. The maximum Gasteiger partial charge on any atom is 0.414 e. The van der Waals surface area contributed by atoms with Crippen molar-refractivity contribution in [2.24, 2.45) is 4.99 Å². The van der Waals surface area contributed by atoms with Gasteiger partial charge in [0.25, 0.3) is 0 Å². The second kappa shape index (κ2) is 22.5. The van der Waals surface area contributed by atoms with Gasteiger partial charge in [-0.25, -0.2) is 19.2 Å². The van der Waals surface area contributed by atoms with E-state index in [1.165, 1.54) is 0 Å². The van der Waals surface area contributed by atoms with Crippen LogP contribution in [0.3, 0.4) is 0 Å². The summed E-state index contributed by atoms with van der Waals surface area (Å²) in [6.07, 6.45) is -1.32. The second-order valence-electron chi connectivity index (χ2n) is 18.2. The maximum absolute atomic E-state index is 14.2. The molecule has 0 heterocycles. The Morgan fingerprint density at radius 1 is 0.750 bits per heavy atom. The van der Waals surface area contributed by atoms with Gasteiger partial charge in [-0.1, -0.05) is 64.4 Å². The fourth-order valence-corrected chi connectivity index (χ4v) is 6.28. The number of nitrogens with one attached hydrogen (secondary N) is 4. The molecule has 16 heteroatoms. The lowest BCUT2D eigenvalue weighted by Crippen LogP contribution is -2.53. The van der Waals surface area contributed by atoms with Crippen molar-refractivity contribution in [3.63, 3.8) is 0 Å². The third-order valence-corrected chi connectivity index (χ3v) is 13.7. The summed E-state index contributed by atoms with van der Waals surface area (Å²) in [5.74, 6) is -0.916. The normalized spacial score (nSPS) is 12.8. The number of carbonyl (C=O) groups excluding carboxylic acids is 5.